The van der Waals surface area contributed by atoms with Crippen molar-refractivity contribution in [1.29, 1.82) is 0 Å². The monoisotopic (exact) mass is 523 g/mol. The van der Waals surface area contributed by atoms with E-state index in [1.165, 1.54) is 30.2 Å². The van der Waals surface area contributed by atoms with E-state index >= 15 is 0 Å². The number of unbranched alkanes of at least 4 members (excludes halogenated alkanes) is 1. The highest BCUT2D eigenvalue weighted by molar-refractivity contribution is 7.92. The van der Waals surface area contributed by atoms with Crippen LogP contribution in [0.1, 0.15) is 32.3 Å². The summed E-state index contributed by atoms with van der Waals surface area (Å²) in [6.45, 7) is 3.98. The van der Waals surface area contributed by atoms with Crippen LogP contribution in [0.3, 0.4) is 0 Å². The summed E-state index contributed by atoms with van der Waals surface area (Å²) in [5, 5.41) is 3.07. The second-order valence-electron chi connectivity index (χ2n) is 8.23. The van der Waals surface area contributed by atoms with E-state index in [4.69, 9.17) is 16.3 Å². The lowest BCUT2D eigenvalue weighted by molar-refractivity contribution is -0.138. The maximum atomic E-state index is 13.5. The van der Waals surface area contributed by atoms with E-state index in [0.717, 1.165) is 29.0 Å². The van der Waals surface area contributed by atoms with E-state index in [-0.39, 0.29) is 23.2 Å². The summed E-state index contributed by atoms with van der Waals surface area (Å²) in [6, 6.07) is 13.3. The highest BCUT2D eigenvalue weighted by atomic mass is 35.5. The Kier molecular flexibility index (Phi) is 10.9. The van der Waals surface area contributed by atoms with Crippen LogP contribution in [0, 0.1) is 0 Å². The lowest BCUT2D eigenvalue weighted by Crippen LogP contribution is -2.52. The van der Waals surface area contributed by atoms with Crippen LogP contribution >= 0.6 is 11.6 Å². The molecular formula is C25H34ClN3O5S. The Hall–Kier alpha value is -2.78. The zero-order chi connectivity index (χ0) is 26.0. The number of ether oxygens (including phenoxy) is 1. The number of nitrogens with zero attached hydrogens (tertiary/aromatic N) is 2. The Morgan fingerprint density at radius 3 is 2.40 bits per heavy atom. The standard InChI is InChI=1S/C25H34ClN3O5S/c1-5-6-15-27-25(31)19(2)28(16-14-20-10-8-7-9-11-20)24(30)18-29(35(4,32)33)21-12-13-23(34-3)22(26)17-21/h7-13,17,19H,5-6,14-16,18H2,1-4H3,(H,27,31)/t19-/m1/s1. The Bertz CT molecular complexity index is 1100. The van der Waals surface area contributed by atoms with Crippen molar-refractivity contribution in [3.8, 4) is 5.75 Å². The molecule has 0 radical (unpaired) electrons. The van der Waals surface area contributed by atoms with E-state index in [0.29, 0.717) is 18.7 Å². The van der Waals surface area contributed by atoms with Crippen molar-refractivity contribution in [2.24, 2.45) is 0 Å². The van der Waals surface area contributed by atoms with Crippen molar-refractivity contribution >= 4 is 39.1 Å². The molecule has 10 heteroatoms. The average Bonchev–Trinajstić information content (AvgIpc) is 2.82. The second kappa shape index (κ2) is 13.3. The number of methoxy groups -OCH3 is 1. The third-order valence-corrected chi connectivity index (χ3v) is 7.02. The number of anilines is 1. The molecule has 0 heterocycles. The number of nitrogens with one attached hydrogen (secondary N) is 1. The SMILES string of the molecule is CCCCNC(=O)[C@@H](C)N(CCc1ccccc1)C(=O)CN(c1ccc(OC)c(Cl)c1)S(C)(=O)=O. The van der Waals surface area contributed by atoms with Gasteiger partial charge in [-0.3, -0.25) is 13.9 Å². The lowest BCUT2D eigenvalue weighted by atomic mass is 10.1. The van der Waals surface area contributed by atoms with Crippen LogP contribution in [0.5, 0.6) is 5.75 Å². The van der Waals surface area contributed by atoms with E-state index in [2.05, 4.69) is 5.32 Å². The van der Waals surface area contributed by atoms with Gasteiger partial charge in [-0.2, -0.15) is 0 Å². The summed E-state index contributed by atoms with van der Waals surface area (Å²) < 4.78 is 31.4. The van der Waals surface area contributed by atoms with E-state index < -0.39 is 28.5 Å². The molecule has 1 N–H and O–H groups in total. The van der Waals surface area contributed by atoms with Crippen molar-refractivity contribution in [2.45, 2.75) is 39.2 Å². The van der Waals surface area contributed by atoms with Gasteiger partial charge in [-0.25, -0.2) is 8.42 Å². The topological polar surface area (TPSA) is 96.0 Å². The molecule has 2 aromatic rings. The minimum Gasteiger partial charge on any atom is -0.495 e. The Morgan fingerprint density at radius 1 is 1.14 bits per heavy atom. The third-order valence-electron chi connectivity index (χ3n) is 5.58. The molecule has 1 atom stereocenters. The summed E-state index contributed by atoms with van der Waals surface area (Å²) in [7, 11) is -2.37. The fraction of sp³-hybridized carbons (Fsp3) is 0.440. The molecule has 0 aromatic heterocycles. The van der Waals surface area contributed by atoms with Gasteiger partial charge in [0.2, 0.25) is 21.8 Å². The van der Waals surface area contributed by atoms with Crippen molar-refractivity contribution < 1.29 is 22.7 Å². The van der Waals surface area contributed by atoms with Crippen LogP contribution in [0.15, 0.2) is 48.5 Å². The number of sulfonamides is 1. The van der Waals surface area contributed by atoms with Crippen LogP contribution in [-0.4, -0.2) is 64.2 Å². The van der Waals surface area contributed by atoms with Gasteiger partial charge in [0.15, 0.2) is 0 Å². The summed E-state index contributed by atoms with van der Waals surface area (Å²) in [4.78, 5) is 27.7. The molecule has 2 rings (SSSR count). The largest absolute Gasteiger partial charge is 0.495 e. The van der Waals surface area contributed by atoms with Crippen LogP contribution in [-0.2, 0) is 26.0 Å². The minimum atomic E-state index is -3.83. The van der Waals surface area contributed by atoms with Gasteiger partial charge in [0.25, 0.3) is 0 Å². The summed E-state index contributed by atoms with van der Waals surface area (Å²) >= 11 is 6.20. The first-order chi connectivity index (χ1) is 16.6. The maximum Gasteiger partial charge on any atom is 0.244 e. The van der Waals surface area contributed by atoms with Gasteiger partial charge in [0, 0.05) is 13.1 Å². The summed E-state index contributed by atoms with van der Waals surface area (Å²) in [6.07, 6.45) is 3.30. The number of hydrogen-bond acceptors (Lipinski definition) is 5. The molecular weight excluding hydrogens is 490 g/mol. The smallest absolute Gasteiger partial charge is 0.244 e. The summed E-state index contributed by atoms with van der Waals surface area (Å²) in [5.74, 6) is -0.383. The van der Waals surface area contributed by atoms with Crippen molar-refractivity contribution in [3.63, 3.8) is 0 Å². The van der Waals surface area contributed by atoms with E-state index in [1.807, 2.05) is 37.3 Å². The summed E-state index contributed by atoms with van der Waals surface area (Å²) in [5.41, 5.74) is 1.24. The zero-order valence-electron chi connectivity index (χ0n) is 20.7. The van der Waals surface area contributed by atoms with Gasteiger partial charge >= 0.3 is 0 Å². The van der Waals surface area contributed by atoms with Gasteiger partial charge in [0.1, 0.15) is 18.3 Å². The molecule has 2 aromatic carbocycles. The van der Waals surface area contributed by atoms with Crippen LogP contribution in [0.4, 0.5) is 5.69 Å². The zero-order valence-corrected chi connectivity index (χ0v) is 22.2. The third kappa shape index (κ3) is 8.43. The number of hydrogen-bond donors (Lipinski definition) is 1. The minimum absolute atomic E-state index is 0.218. The molecule has 0 saturated heterocycles. The van der Waals surface area contributed by atoms with Gasteiger partial charge in [-0.15, -0.1) is 0 Å². The normalized spacial score (nSPS) is 12.0. The number of benzene rings is 2. The molecule has 0 saturated carbocycles. The average molecular weight is 524 g/mol. The van der Waals surface area contributed by atoms with Crippen molar-refractivity contribution in [1.82, 2.24) is 10.2 Å². The van der Waals surface area contributed by atoms with Crippen LogP contribution in [0.2, 0.25) is 5.02 Å². The molecule has 0 spiro atoms. The predicted molar refractivity (Wildman–Crippen MR) is 139 cm³/mol. The lowest BCUT2D eigenvalue weighted by Gasteiger charge is -2.31. The molecule has 2 amide bonds. The number of carbonyl (C=O) groups excluding carboxylic acids is 2. The van der Waals surface area contributed by atoms with Gasteiger partial charge < -0.3 is 15.0 Å². The predicted octanol–water partition coefficient (Wildman–Crippen LogP) is 3.49. The molecule has 0 aliphatic heterocycles. The maximum absolute atomic E-state index is 13.5. The molecule has 35 heavy (non-hydrogen) atoms. The molecule has 8 nitrogen and oxygen atoms in total. The number of amides is 2. The molecule has 0 aliphatic rings. The first kappa shape index (κ1) is 28.5. The number of carbonyl (C=O) groups is 2. The van der Waals surface area contributed by atoms with Gasteiger partial charge in [-0.1, -0.05) is 55.3 Å². The van der Waals surface area contributed by atoms with Crippen molar-refractivity contribution in [3.05, 3.63) is 59.1 Å². The van der Waals surface area contributed by atoms with Crippen LogP contribution in [0.25, 0.3) is 0 Å². The van der Waals surface area contributed by atoms with Crippen LogP contribution < -0.4 is 14.4 Å². The van der Waals surface area contributed by atoms with Crippen molar-refractivity contribution in [2.75, 3.05) is 37.3 Å². The number of halogens is 1. The molecule has 0 bridgehead atoms. The highest BCUT2D eigenvalue weighted by Gasteiger charge is 2.30. The Balaban J connectivity index is 2.30. The van der Waals surface area contributed by atoms with Gasteiger partial charge in [-0.05, 0) is 43.5 Å². The quantitative estimate of drug-likeness (QED) is 0.405. The highest BCUT2D eigenvalue weighted by Crippen LogP contribution is 2.30. The van der Waals surface area contributed by atoms with Gasteiger partial charge in [0.05, 0.1) is 24.1 Å². The first-order valence-corrected chi connectivity index (χ1v) is 13.7. The second-order valence-corrected chi connectivity index (χ2v) is 10.5. The van der Waals surface area contributed by atoms with E-state index in [9.17, 15) is 18.0 Å². The molecule has 0 aliphatic carbocycles. The molecule has 0 unspecified atom stereocenters. The first-order valence-electron chi connectivity index (χ1n) is 11.5. The fourth-order valence-corrected chi connectivity index (χ4v) is 4.62. The Morgan fingerprint density at radius 2 is 1.83 bits per heavy atom. The Labute approximate surface area is 213 Å². The molecule has 192 valence electrons. The molecule has 0 fully saturated rings. The number of rotatable bonds is 13. The fourth-order valence-electron chi connectivity index (χ4n) is 3.53. The van der Waals surface area contributed by atoms with E-state index in [1.54, 1.807) is 6.92 Å².